The topological polar surface area (TPSA) is 33.1 Å². The quantitative estimate of drug-likeness (QED) is 0.907. The van der Waals surface area contributed by atoms with Crippen molar-refractivity contribution in [2.75, 3.05) is 13.1 Å². The summed E-state index contributed by atoms with van der Waals surface area (Å²) in [6.07, 6.45) is 3.58. The number of piperazine rings is 1. The molecule has 5 heteroatoms. The smallest absolute Gasteiger partial charge is 0.0860 e. The van der Waals surface area contributed by atoms with Gasteiger partial charge in [-0.25, -0.2) is 0 Å². The normalized spacial score (nSPS) is 27.2. The van der Waals surface area contributed by atoms with E-state index in [1.54, 1.807) is 0 Å². The molecule has 2 atom stereocenters. The molecule has 0 amide bonds. The zero-order valence-electron chi connectivity index (χ0n) is 14.0. The van der Waals surface area contributed by atoms with Crippen LogP contribution in [0.4, 0.5) is 0 Å². The van der Waals surface area contributed by atoms with Gasteiger partial charge >= 0.3 is 0 Å². The Balaban J connectivity index is 2.20. The second-order valence-corrected chi connectivity index (χ2v) is 6.95. The summed E-state index contributed by atoms with van der Waals surface area (Å²) in [5, 5.41) is 8.98. The minimum Gasteiger partial charge on any atom is -0.311 e. The molecule has 1 fully saturated rings. The molecule has 120 valence electrons. The number of rotatable bonds is 5. The van der Waals surface area contributed by atoms with Gasteiger partial charge in [-0.1, -0.05) is 31.9 Å². The van der Waals surface area contributed by atoms with Crippen LogP contribution in [0.2, 0.25) is 5.02 Å². The molecule has 1 aliphatic rings. The molecule has 0 spiro atoms. The van der Waals surface area contributed by atoms with E-state index in [1.165, 1.54) is 12.8 Å². The second kappa shape index (κ2) is 6.67. The molecule has 2 rings (SSSR count). The van der Waals surface area contributed by atoms with Crippen molar-refractivity contribution >= 4 is 11.6 Å². The van der Waals surface area contributed by atoms with Crippen LogP contribution in [-0.4, -0.2) is 39.4 Å². The van der Waals surface area contributed by atoms with Crippen molar-refractivity contribution in [1.82, 2.24) is 20.0 Å². The molecule has 1 N–H and O–H groups in total. The van der Waals surface area contributed by atoms with Crippen molar-refractivity contribution in [3.05, 3.63) is 16.4 Å². The summed E-state index contributed by atoms with van der Waals surface area (Å²) in [7, 11) is 1.99. The van der Waals surface area contributed by atoms with Crippen LogP contribution in [0.1, 0.15) is 51.4 Å². The highest BCUT2D eigenvalue weighted by Crippen LogP contribution is 2.29. The Bertz CT molecular complexity index is 485. The average molecular weight is 313 g/mol. The molecule has 2 unspecified atom stereocenters. The Morgan fingerprint density at radius 1 is 1.43 bits per heavy atom. The summed E-state index contributed by atoms with van der Waals surface area (Å²) < 4.78 is 1.94. The lowest BCUT2D eigenvalue weighted by atomic mass is 9.91. The Morgan fingerprint density at radius 3 is 2.67 bits per heavy atom. The lowest BCUT2D eigenvalue weighted by molar-refractivity contribution is 0.0377. The van der Waals surface area contributed by atoms with Gasteiger partial charge in [0, 0.05) is 38.3 Å². The zero-order valence-corrected chi connectivity index (χ0v) is 14.8. The highest BCUT2D eigenvalue weighted by Gasteiger charge is 2.36. The first-order valence-electron chi connectivity index (χ1n) is 8.07. The third-order valence-corrected chi connectivity index (χ3v) is 5.47. The molecule has 0 bridgehead atoms. The molecule has 4 nitrogen and oxygen atoms in total. The van der Waals surface area contributed by atoms with Gasteiger partial charge < -0.3 is 5.32 Å². The fourth-order valence-electron chi connectivity index (χ4n) is 3.21. The molecule has 21 heavy (non-hydrogen) atoms. The number of nitrogens with one attached hydrogen (secondary N) is 1. The number of aromatic nitrogens is 2. The first-order valence-corrected chi connectivity index (χ1v) is 8.45. The van der Waals surface area contributed by atoms with E-state index in [0.717, 1.165) is 42.5 Å². The van der Waals surface area contributed by atoms with Gasteiger partial charge in [0.2, 0.25) is 0 Å². The Morgan fingerprint density at radius 2 is 2.14 bits per heavy atom. The summed E-state index contributed by atoms with van der Waals surface area (Å²) in [4.78, 5) is 2.59. The molecule has 2 heterocycles. The molecule has 0 radical (unpaired) electrons. The van der Waals surface area contributed by atoms with Crippen molar-refractivity contribution in [2.45, 2.75) is 65.1 Å². The van der Waals surface area contributed by atoms with Crippen molar-refractivity contribution in [1.29, 1.82) is 0 Å². The predicted octanol–water partition coefficient (Wildman–Crippen LogP) is 3.12. The minimum atomic E-state index is 0.186. The van der Waals surface area contributed by atoms with Gasteiger partial charge in [0.25, 0.3) is 0 Å². The molecule has 0 saturated carbocycles. The van der Waals surface area contributed by atoms with Gasteiger partial charge in [-0.3, -0.25) is 9.58 Å². The van der Waals surface area contributed by atoms with Crippen LogP contribution in [0.3, 0.4) is 0 Å². The Kier molecular flexibility index (Phi) is 5.33. The maximum atomic E-state index is 6.44. The standard InChI is InChI=1S/C16H29ClN4/c1-6-8-13-9-21(16(4,7-2)11-18-13)10-14-15(17)12(3)19-20(14)5/h13,18H,6-11H2,1-5H3. The third kappa shape index (κ3) is 3.43. The zero-order chi connectivity index (χ0) is 15.6. The van der Waals surface area contributed by atoms with Gasteiger partial charge in [-0.15, -0.1) is 0 Å². The van der Waals surface area contributed by atoms with E-state index in [9.17, 15) is 0 Å². The van der Waals surface area contributed by atoms with Crippen LogP contribution in [0.5, 0.6) is 0 Å². The van der Waals surface area contributed by atoms with Gasteiger partial charge in [0.05, 0.1) is 16.4 Å². The summed E-state index contributed by atoms with van der Waals surface area (Å²) in [6.45, 7) is 11.8. The molecule has 0 aromatic carbocycles. The van der Waals surface area contributed by atoms with Crippen LogP contribution in [0.25, 0.3) is 0 Å². The maximum Gasteiger partial charge on any atom is 0.0860 e. The van der Waals surface area contributed by atoms with Crippen LogP contribution >= 0.6 is 11.6 Å². The number of hydrogen-bond donors (Lipinski definition) is 1. The van der Waals surface area contributed by atoms with Gasteiger partial charge in [0.1, 0.15) is 0 Å². The minimum absolute atomic E-state index is 0.186. The number of hydrogen-bond acceptors (Lipinski definition) is 3. The molecule has 1 aromatic heterocycles. The monoisotopic (exact) mass is 312 g/mol. The molecular weight excluding hydrogens is 284 g/mol. The van der Waals surface area contributed by atoms with Crippen LogP contribution < -0.4 is 5.32 Å². The molecule has 0 aliphatic carbocycles. The van der Waals surface area contributed by atoms with E-state index in [-0.39, 0.29) is 5.54 Å². The first kappa shape index (κ1) is 16.8. The Hall–Kier alpha value is -0.580. The van der Waals surface area contributed by atoms with Gasteiger partial charge in [-0.05, 0) is 26.7 Å². The molecule has 1 aromatic rings. The number of nitrogens with zero attached hydrogens (tertiary/aromatic N) is 3. The van der Waals surface area contributed by atoms with E-state index < -0.39 is 0 Å². The fraction of sp³-hybridized carbons (Fsp3) is 0.812. The molecule has 1 aliphatic heterocycles. The molecule has 1 saturated heterocycles. The van der Waals surface area contributed by atoms with Crippen molar-refractivity contribution < 1.29 is 0 Å². The highest BCUT2D eigenvalue weighted by molar-refractivity contribution is 6.31. The second-order valence-electron chi connectivity index (χ2n) is 6.57. The van der Waals surface area contributed by atoms with Gasteiger partial charge in [-0.2, -0.15) is 5.10 Å². The van der Waals surface area contributed by atoms with E-state index in [4.69, 9.17) is 11.6 Å². The lowest BCUT2D eigenvalue weighted by Crippen LogP contribution is -2.62. The van der Waals surface area contributed by atoms with E-state index in [1.807, 2.05) is 18.7 Å². The average Bonchev–Trinajstić information content (AvgIpc) is 2.69. The van der Waals surface area contributed by atoms with E-state index in [2.05, 4.69) is 36.1 Å². The number of halogens is 1. The van der Waals surface area contributed by atoms with E-state index in [0.29, 0.717) is 6.04 Å². The van der Waals surface area contributed by atoms with E-state index >= 15 is 0 Å². The van der Waals surface area contributed by atoms with Crippen molar-refractivity contribution in [2.24, 2.45) is 7.05 Å². The highest BCUT2D eigenvalue weighted by atomic mass is 35.5. The van der Waals surface area contributed by atoms with Crippen LogP contribution in [0.15, 0.2) is 0 Å². The molecular formula is C16H29ClN4. The summed E-state index contributed by atoms with van der Waals surface area (Å²) >= 11 is 6.44. The first-order chi connectivity index (χ1) is 9.91. The SMILES string of the molecule is CCCC1CN(Cc2c(Cl)c(C)nn2C)C(C)(CC)CN1. The predicted molar refractivity (Wildman–Crippen MR) is 88.8 cm³/mol. The Labute approximate surface area is 133 Å². The van der Waals surface area contributed by atoms with Gasteiger partial charge in [0.15, 0.2) is 0 Å². The largest absolute Gasteiger partial charge is 0.311 e. The number of aryl methyl sites for hydroxylation is 2. The maximum absolute atomic E-state index is 6.44. The summed E-state index contributed by atoms with van der Waals surface area (Å²) in [5.41, 5.74) is 2.24. The van der Waals surface area contributed by atoms with Crippen molar-refractivity contribution in [3.63, 3.8) is 0 Å². The fourth-order valence-corrected chi connectivity index (χ4v) is 3.43. The summed E-state index contributed by atoms with van der Waals surface area (Å²) in [5.74, 6) is 0. The van der Waals surface area contributed by atoms with Crippen molar-refractivity contribution in [3.8, 4) is 0 Å². The third-order valence-electron chi connectivity index (χ3n) is 4.98. The van der Waals surface area contributed by atoms with Crippen LogP contribution in [0, 0.1) is 6.92 Å². The van der Waals surface area contributed by atoms with Crippen LogP contribution in [-0.2, 0) is 13.6 Å². The summed E-state index contributed by atoms with van der Waals surface area (Å²) in [6, 6.07) is 0.586. The lowest BCUT2D eigenvalue weighted by Gasteiger charge is -2.48.